The van der Waals surface area contributed by atoms with Gasteiger partial charge in [0.15, 0.2) is 0 Å². The largest absolute Gasteiger partial charge is 0.496 e. The summed E-state index contributed by atoms with van der Waals surface area (Å²) in [5.74, 6) is 0.0964. The van der Waals surface area contributed by atoms with Crippen molar-refractivity contribution in [2.45, 2.75) is 17.3 Å². The van der Waals surface area contributed by atoms with Gasteiger partial charge in [-0.2, -0.15) is 0 Å². The van der Waals surface area contributed by atoms with Crippen molar-refractivity contribution in [3.05, 3.63) is 35.7 Å². The fourth-order valence-corrected chi connectivity index (χ4v) is 2.79. The Kier molecular flexibility index (Phi) is 4.44. The number of halogens is 2. The first-order chi connectivity index (χ1) is 9.10. The highest BCUT2D eigenvalue weighted by atomic mass is 127. The van der Waals surface area contributed by atoms with Crippen molar-refractivity contribution >= 4 is 34.2 Å². The van der Waals surface area contributed by atoms with Crippen LogP contribution in [0.25, 0.3) is 5.70 Å². The number of rotatable bonds is 3. The van der Waals surface area contributed by atoms with E-state index < -0.39 is 0 Å². The van der Waals surface area contributed by atoms with Crippen LogP contribution in [0.4, 0.5) is 4.39 Å². The van der Waals surface area contributed by atoms with E-state index in [1.807, 2.05) is 13.0 Å². The first-order valence-corrected chi connectivity index (χ1v) is 7.33. The van der Waals surface area contributed by atoms with Crippen molar-refractivity contribution in [2.24, 2.45) is 0 Å². The number of methoxy groups -OCH3 is 1. The molecule has 1 heterocycles. The van der Waals surface area contributed by atoms with Crippen molar-refractivity contribution in [2.75, 3.05) is 13.7 Å². The molecule has 1 unspecified atom stereocenters. The molecule has 0 spiro atoms. The fourth-order valence-electron chi connectivity index (χ4n) is 2.20. The molecule has 1 aliphatic rings. The first-order valence-electron chi connectivity index (χ1n) is 6.08. The van der Waals surface area contributed by atoms with Crippen molar-refractivity contribution in [1.29, 1.82) is 0 Å². The maximum Gasteiger partial charge on any atom is 0.240 e. The smallest absolute Gasteiger partial charge is 0.240 e. The maximum absolute atomic E-state index is 14.1. The van der Waals surface area contributed by atoms with Crippen LogP contribution in [0.1, 0.15) is 18.9 Å². The second kappa shape index (κ2) is 5.90. The zero-order valence-electron chi connectivity index (χ0n) is 10.8. The summed E-state index contributed by atoms with van der Waals surface area (Å²) in [5, 5.41) is 0. The van der Waals surface area contributed by atoms with E-state index in [1.165, 1.54) is 13.2 Å². The van der Waals surface area contributed by atoms with E-state index in [4.69, 9.17) is 4.74 Å². The molecule has 0 bridgehead atoms. The molecule has 0 aromatic heterocycles. The Labute approximate surface area is 125 Å². The van der Waals surface area contributed by atoms with Crippen LogP contribution >= 0.6 is 22.6 Å². The third-order valence-electron chi connectivity index (χ3n) is 3.11. The van der Waals surface area contributed by atoms with Crippen LogP contribution in [0, 0.1) is 5.82 Å². The Morgan fingerprint density at radius 2 is 2.26 bits per heavy atom. The molecule has 1 aromatic carbocycles. The van der Waals surface area contributed by atoms with Gasteiger partial charge < -0.3 is 9.64 Å². The van der Waals surface area contributed by atoms with Crippen LogP contribution < -0.4 is 4.74 Å². The summed E-state index contributed by atoms with van der Waals surface area (Å²) in [6.45, 7) is 2.40. The van der Waals surface area contributed by atoms with E-state index in [0.29, 0.717) is 30.0 Å². The zero-order chi connectivity index (χ0) is 14.0. The number of alkyl halides is 1. The van der Waals surface area contributed by atoms with Crippen molar-refractivity contribution in [3.63, 3.8) is 0 Å². The predicted molar refractivity (Wildman–Crippen MR) is 80.7 cm³/mol. The molecule has 0 saturated heterocycles. The molecule has 3 nitrogen and oxygen atoms in total. The van der Waals surface area contributed by atoms with Crippen LogP contribution in [0.15, 0.2) is 24.3 Å². The molecule has 1 atom stereocenters. The average Bonchev–Trinajstić information content (AvgIpc) is 2.41. The summed E-state index contributed by atoms with van der Waals surface area (Å²) >= 11 is 2.12. The summed E-state index contributed by atoms with van der Waals surface area (Å²) in [7, 11) is 1.50. The molecule has 5 heteroatoms. The minimum atomic E-state index is -0.372. The quantitative estimate of drug-likeness (QED) is 0.600. The molecule has 1 aliphatic heterocycles. The molecule has 2 rings (SSSR count). The predicted octanol–water partition coefficient (Wildman–Crippen LogP) is 3.23. The Bertz CT molecular complexity index is 530. The van der Waals surface area contributed by atoms with Gasteiger partial charge in [0.25, 0.3) is 0 Å². The normalized spacial score (nSPS) is 19.4. The van der Waals surface area contributed by atoms with Crippen molar-refractivity contribution in [3.8, 4) is 5.75 Å². The van der Waals surface area contributed by atoms with Gasteiger partial charge in [-0.1, -0.05) is 34.7 Å². The number of benzene rings is 1. The molecule has 0 radical (unpaired) electrons. The van der Waals surface area contributed by atoms with E-state index in [-0.39, 0.29) is 15.6 Å². The molecule has 1 amide bonds. The fraction of sp³-hybridized carbons (Fsp3) is 0.357. The van der Waals surface area contributed by atoms with Gasteiger partial charge in [0.1, 0.15) is 11.6 Å². The highest BCUT2D eigenvalue weighted by Gasteiger charge is 2.30. The number of hydrogen-bond acceptors (Lipinski definition) is 2. The number of carbonyl (C=O) groups excluding carboxylic acids is 1. The van der Waals surface area contributed by atoms with Gasteiger partial charge in [0.2, 0.25) is 5.91 Å². The van der Waals surface area contributed by atoms with Gasteiger partial charge >= 0.3 is 0 Å². The van der Waals surface area contributed by atoms with Crippen LogP contribution in [-0.2, 0) is 4.79 Å². The monoisotopic (exact) mass is 375 g/mol. The van der Waals surface area contributed by atoms with E-state index >= 15 is 0 Å². The molecular weight excluding hydrogens is 360 g/mol. The van der Waals surface area contributed by atoms with Gasteiger partial charge in [-0.3, -0.25) is 4.79 Å². The molecule has 0 N–H and O–H groups in total. The molecule has 19 heavy (non-hydrogen) atoms. The van der Waals surface area contributed by atoms with Crippen LogP contribution in [0.3, 0.4) is 0 Å². The summed E-state index contributed by atoms with van der Waals surface area (Å²) < 4.78 is 19.2. The summed E-state index contributed by atoms with van der Waals surface area (Å²) in [6, 6.07) is 4.68. The second-order valence-corrected chi connectivity index (χ2v) is 5.70. The van der Waals surface area contributed by atoms with E-state index in [9.17, 15) is 9.18 Å². The molecule has 0 fully saturated rings. The third kappa shape index (κ3) is 2.61. The molecule has 0 saturated carbocycles. The van der Waals surface area contributed by atoms with E-state index in [0.717, 1.165) is 0 Å². The zero-order valence-corrected chi connectivity index (χ0v) is 13.0. The van der Waals surface area contributed by atoms with Crippen molar-refractivity contribution in [1.82, 2.24) is 4.90 Å². The standard InChI is InChI=1S/C14H15FINO2/c1-3-17-11(8-7-10(16)14(17)18)13-9(15)5-4-6-12(13)19-2/h4-6,8,10H,3,7H2,1-2H3. The van der Waals surface area contributed by atoms with Gasteiger partial charge in [0, 0.05) is 6.54 Å². The lowest BCUT2D eigenvalue weighted by Crippen LogP contribution is -2.38. The summed E-state index contributed by atoms with van der Waals surface area (Å²) in [5.41, 5.74) is 0.971. The number of amides is 1. The van der Waals surface area contributed by atoms with Gasteiger partial charge in [-0.15, -0.1) is 0 Å². The number of hydrogen-bond donors (Lipinski definition) is 0. The Balaban J connectivity index is 2.54. The molecular formula is C14H15FINO2. The van der Waals surface area contributed by atoms with Gasteiger partial charge in [-0.25, -0.2) is 4.39 Å². The first kappa shape index (κ1) is 14.3. The van der Waals surface area contributed by atoms with Gasteiger partial charge in [-0.05, 0) is 25.5 Å². The average molecular weight is 375 g/mol. The Morgan fingerprint density at radius 3 is 2.89 bits per heavy atom. The minimum Gasteiger partial charge on any atom is -0.496 e. The topological polar surface area (TPSA) is 29.5 Å². The number of nitrogens with zero attached hydrogens (tertiary/aromatic N) is 1. The molecule has 0 aliphatic carbocycles. The highest BCUT2D eigenvalue weighted by molar-refractivity contribution is 14.1. The van der Waals surface area contributed by atoms with Gasteiger partial charge in [0.05, 0.1) is 22.3 Å². The lowest BCUT2D eigenvalue weighted by molar-refractivity contribution is -0.127. The van der Waals surface area contributed by atoms with Crippen LogP contribution in [0.5, 0.6) is 5.75 Å². The number of ether oxygens (including phenoxy) is 1. The summed E-state index contributed by atoms with van der Waals surface area (Å²) in [6.07, 6.45) is 2.52. The molecule has 102 valence electrons. The number of carbonyl (C=O) groups is 1. The maximum atomic E-state index is 14.1. The highest BCUT2D eigenvalue weighted by Crippen LogP contribution is 2.35. The van der Waals surface area contributed by atoms with Crippen LogP contribution in [0.2, 0.25) is 0 Å². The second-order valence-electron chi connectivity index (χ2n) is 4.19. The molecule has 1 aromatic rings. The summed E-state index contributed by atoms with van der Waals surface area (Å²) in [4.78, 5) is 13.8. The Morgan fingerprint density at radius 1 is 1.53 bits per heavy atom. The minimum absolute atomic E-state index is 0.0194. The SMILES string of the molecule is CCN1C(=O)C(I)CC=C1c1c(F)cccc1OC. The van der Waals surface area contributed by atoms with Crippen molar-refractivity contribution < 1.29 is 13.9 Å². The Hall–Kier alpha value is -1.11. The third-order valence-corrected chi connectivity index (χ3v) is 4.15. The van der Waals surface area contributed by atoms with Crippen LogP contribution in [-0.4, -0.2) is 28.4 Å². The lowest BCUT2D eigenvalue weighted by atomic mass is 10.0. The lowest BCUT2D eigenvalue weighted by Gasteiger charge is -2.31. The van der Waals surface area contributed by atoms with E-state index in [2.05, 4.69) is 22.6 Å². The van der Waals surface area contributed by atoms with E-state index in [1.54, 1.807) is 17.0 Å². The number of allylic oxidation sites excluding steroid dienone is 1.